The molecule has 0 aliphatic carbocycles. The molecular weight excluding hydrogens is 405 g/mol. The zero-order valence-corrected chi connectivity index (χ0v) is 16.6. The van der Waals surface area contributed by atoms with E-state index in [9.17, 15) is 14.4 Å². The van der Waals surface area contributed by atoms with Crippen molar-refractivity contribution in [2.75, 3.05) is 11.9 Å². The Morgan fingerprint density at radius 1 is 0.929 bits per heavy atom. The molecular formula is C19H19Cl2N3O4. The minimum absolute atomic E-state index is 0.0829. The molecule has 7 nitrogen and oxygen atoms in total. The molecule has 2 rings (SSSR count). The highest BCUT2D eigenvalue weighted by Crippen LogP contribution is 2.25. The number of aryl methyl sites for hydroxylation is 1. The normalized spacial score (nSPS) is 10.1. The Kier molecular flexibility index (Phi) is 8.10. The summed E-state index contributed by atoms with van der Waals surface area (Å²) in [6, 6.07) is 11.9. The lowest BCUT2D eigenvalue weighted by molar-refractivity contribution is -0.130. The largest absolute Gasteiger partial charge is 0.484 e. The quantitative estimate of drug-likeness (QED) is 0.595. The third kappa shape index (κ3) is 7.46. The highest BCUT2D eigenvalue weighted by Gasteiger charge is 2.10. The van der Waals surface area contributed by atoms with E-state index in [2.05, 4.69) is 16.2 Å². The number of benzene rings is 2. The van der Waals surface area contributed by atoms with Gasteiger partial charge in [-0.3, -0.25) is 25.2 Å². The summed E-state index contributed by atoms with van der Waals surface area (Å²) >= 11 is 11.8. The molecule has 3 N–H and O–H groups in total. The van der Waals surface area contributed by atoms with Crippen LogP contribution in [0.25, 0.3) is 0 Å². The van der Waals surface area contributed by atoms with Crippen molar-refractivity contribution in [3.8, 4) is 5.75 Å². The van der Waals surface area contributed by atoms with E-state index in [1.807, 2.05) is 19.1 Å². The zero-order chi connectivity index (χ0) is 20.5. The molecule has 0 aromatic heterocycles. The number of carbonyl (C=O) groups excluding carboxylic acids is 3. The Labute approximate surface area is 172 Å². The maximum atomic E-state index is 11.9. The molecule has 2 aromatic carbocycles. The fraction of sp³-hybridized carbons (Fsp3) is 0.211. The first kappa shape index (κ1) is 21.5. The van der Waals surface area contributed by atoms with Gasteiger partial charge in [-0.1, -0.05) is 35.3 Å². The summed E-state index contributed by atoms with van der Waals surface area (Å²) in [6.45, 7) is 1.66. The van der Waals surface area contributed by atoms with E-state index >= 15 is 0 Å². The Morgan fingerprint density at radius 3 is 2.36 bits per heavy atom. The number of hydrogen-bond donors (Lipinski definition) is 3. The number of rotatable bonds is 7. The van der Waals surface area contributed by atoms with E-state index in [1.165, 1.54) is 6.07 Å². The van der Waals surface area contributed by atoms with Gasteiger partial charge >= 0.3 is 0 Å². The van der Waals surface area contributed by atoms with Crippen molar-refractivity contribution >= 4 is 46.6 Å². The molecule has 2 aromatic rings. The van der Waals surface area contributed by atoms with Gasteiger partial charge in [0, 0.05) is 17.9 Å². The van der Waals surface area contributed by atoms with Crippen LogP contribution in [0.15, 0.2) is 42.5 Å². The van der Waals surface area contributed by atoms with Crippen LogP contribution in [0.3, 0.4) is 0 Å². The number of hydrazine groups is 1. The van der Waals surface area contributed by atoms with Gasteiger partial charge in [0.1, 0.15) is 5.75 Å². The SMILES string of the molecule is Cc1cccc(OCC(=O)NNC(=O)CCC(=O)Nc2ccc(Cl)cc2Cl)c1. The lowest BCUT2D eigenvalue weighted by Crippen LogP contribution is -2.44. The second-order valence-electron chi connectivity index (χ2n) is 5.87. The standard InChI is InChI=1S/C19H19Cl2N3O4/c1-12-3-2-4-14(9-12)28-11-19(27)24-23-18(26)8-7-17(25)22-16-6-5-13(20)10-15(16)21/h2-6,9-10H,7-8,11H2,1H3,(H,22,25)(H,23,26)(H,24,27). The number of halogens is 2. The van der Waals surface area contributed by atoms with Crippen LogP contribution in [-0.4, -0.2) is 24.3 Å². The van der Waals surface area contributed by atoms with Crippen molar-refractivity contribution in [3.05, 3.63) is 58.1 Å². The molecule has 0 saturated heterocycles. The van der Waals surface area contributed by atoms with Crippen molar-refractivity contribution in [3.63, 3.8) is 0 Å². The maximum Gasteiger partial charge on any atom is 0.276 e. The molecule has 0 aliphatic heterocycles. The molecule has 3 amide bonds. The molecule has 0 bridgehead atoms. The van der Waals surface area contributed by atoms with Gasteiger partial charge in [0.25, 0.3) is 5.91 Å². The first-order chi connectivity index (χ1) is 13.3. The van der Waals surface area contributed by atoms with Gasteiger partial charge < -0.3 is 10.1 Å². The topological polar surface area (TPSA) is 96.5 Å². The summed E-state index contributed by atoms with van der Waals surface area (Å²) in [5.74, 6) is -0.874. The second-order valence-corrected chi connectivity index (χ2v) is 6.72. The highest BCUT2D eigenvalue weighted by molar-refractivity contribution is 6.36. The first-order valence-electron chi connectivity index (χ1n) is 8.35. The van der Waals surface area contributed by atoms with Crippen LogP contribution < -0.4 is 20.9 Å². The predicted octanol–water partition coefficient (Wildman–Crippen LogP) is 3.25. The van der Waals surface area contributed by atoms with E-state index in [1.54, 1.807) is 24.3 Å². The lowest BCUT2D eigenvalue weighted by atomic mass is 10.2. The molecule has 9 heteroatoms. The highest BCUT2D eigenvalue weighted by atomic mass is 35.5. The molecule has 0 heterocycles. The van der Waals surface area contributed by atoms with Crippen LogP contribution in [-0.2, 0) is 14.4 Å². The van der Waals surface area contributed by atoms with Gasteiger partial charge in [-0.2, -0.15) is 0 Å². The fourth-order valence-corrected chi connectivity index (χ4v) is 2.58. The van der Waals surface area contributed by atoms with Gasteiger partial charge in [-0.05, 0) is 42.8 Å². The van der Waals surface area contributed by atoms with Crippen LogP contribution in [0, 0.1) is 6.92 Å². The Bertz CT molecular complexity index is 874. The van der Waals surface area contributed by atoms with Crippen molar-refractivity contribution in [2.24, 2.45) is 0 Å². The number of nitrogens with one attached hydrogen (secondary N) is 3. The number of anilines is 1. The van der Waals surface area contributed by atoms with E-state index in [4.69, 9.17) is 27.9 Å². The van der Waals surface area contributed by atoms with E-state index in [0.29, 0.717) is 21.5 Å². The Morgan fingerprint density at radius 2 is 1.64 bits per heavy atom. The summed E-state index contributed by atoms with van der Waals surface area (Å²) in [6.07, 6.45) is -0.198. The minimum atomic E-state index is -0.521. The van der Waals surface area contributed by atoms with Crippen LogP contribution >= 0.6 is 23.2 Å². The molecule has 0 saturated carbocycles. The van der Waals surface area contributed by atoms with Gasteiger partial charge in [0.15, 0.2) is 6.61 Å². The molecule has 148 valence electrons. The monoisotopic (exact) mass is 423 g/mol. The van der Waals surface area contributed by atoms with Gasteiger partial charge in [-0.15, -0.1) is 0 Å². The summed E-state index contributed by atoms with van der Waals surface area (Å²) in [7, 11) is 0. The first-order valence-corrected chi connectivity index (χ1v) is 9.11. The number of amides is 3. The van der Waals surface area contributed by atoms with Crippen LogP contribution in [0.1, 0.15) is 18.4 Å². The molecule has 28 heavy (non-hydrogen) atoms. The summed E-state index contributed by atoms with van der Waals surface area (Å²) in [5.41, 5.74) is 5.86. The van der Waals surface area contributed by atoms with Crippen molar-refractivity contribution < 1.29 is 19.1 Å². The number of hydrogen-bond acceptors (Lipinski definition) is 4. The molecule has 0 unspecified atom stereocenters. The average Bonchev–Trinajstić information content (AvgIpc) is 2.65. The zero-order valence-electron chi connectivity index (χ0n) is 15.1. The van der Waals surface area contributed by atoms with Crippen molar-refractivity contribution in [1.82, 2.24) is 10.9 Å². The van der Waals surface area contributed by atoms with E-state index in [-0.39, 0.29) is 19.4 Å². The molecule has 0 aliphatic rings. The van der Waals surface area contributed by atoms with E-state index < -0.39 is 17.7 Å². The molecule has 0 radical (unpaired) electrons. The fourth-order valence-electron chi connectivity index (χ4n) is 2.12. The smallest absolute Gasteiger partial charge is 0.276 e. The van der Waals surface area contributed by atoms with Crippen LogP contribution in [0.2, 0.25) is 10.0 Å². The van der Waals surface area contributed by atoms with Crippen LogP contribution in [0.5, 0.6) is 5.75 Å². The third-order valence-corrected chi connectivity index (χ3v) is 4.03. The number of ether oxygens (including phenoxy) is 1. The molecule has 0 spiro atoms. The summed E-state index contributed by atoms with van der Waals surface area (Å²) < 4.78 is 5.32. The lowest BCUT2D eigenvalue weighted by Gasteiger charge is -2.10. The van der Waals surface area contributed by atoms with E-state index in [0.717, 1.165) is 5.56 Å². The molecule has 0 atom stereocenters. The van der Waals surface area contributed by atoms with Crippen LogP contribution in [0.4, 0.5) is 5.69 Å². The number of carbonyl (C=O) groups is 3. The third-order valence-electron chi connectivity index (χ3n) is 3.49. The van der Waals surface area contributed by atoms with Crippen molar-refractivity contribution in [2.45, 2.75) is 19.8 Å². The average molecular weight is 424 g/mol. The maximum absolute atomic E-state index is 11.9. The van der Waals surface area contributed by atoms with Gasteiger partial charge in [0.05, 0.1) is 10.7 Å². The predicted molar refractivity (Wildman–Crippen MR) is 107 cm³/mol. The van der Waals surface area contributed by atoms with Gasteiger partial charge in [-0.25, -0.2) is 0 Å². The van der Waals surface area contributed by atoms with Crippen molar-refractivity contribution in [1.29, 1.82) is 0 Å². The summed E-state index contributed by atoms with van der Waals surface area (Å²) in [5, 5.41) is 3.33. The Balaban J connectivity index is 1.66. The summed E-state index contributed by atoms with van der Waals surface area (Å²) in [4.78, 5) is 35.3. The van der Waals surface area contributed by atoms with Gasteiger partial charge in [0.2, 0.25) is 11.8 Å². The minimum Gasteiger partial charge on any atom is -0.484 e. The Hall–Kier alpha value is -2.77. The second kappa shape index (κ2) is 10.5. The molecule has 0 fully saturated rings.